The van der Waals surface area contributed by atoms with Crippen LogP contribution in [0.1, 0.15) is 23.6 Å². The maximum Gasteiger partial charge on any atom is 0.122 e. The summed E-state index contributed by atoms with van der Waals surface area (Å²) >= 11 is 0. The molecule has 0 spiro atoms. The maximum absolute atomic E-state index is 6.09. The van der Waals surface area contributed by atoms with E-state index in [1.54, 1.807) is 0 Å². The average molecular weight is 361 g/mol. The van der Waals surface area contributed by atoms with Crippen LogP contribution < -0.4 is 14.8 Å². The summed E-state index contributed by atoms with van der Waals surface area (Å²) in [6.45, 7) is 7.51. The van der Waals surface area contributed by atoms with Gasteiger partial charge < -0.3 is 14.8 Å². The Hall–Kier alpha value is -2.94. The van der Waals surface area contributed by atoms with E-state index in [1.807, 2.05) is 42.5 Å². The summed E-state index contributed by atoms with van der Waals surface area (Å²) in [7, 11) is 0. The van der Waals surface area contributed by atoms with E-state index >= 15 is 0 Å². The molecule has 0 aliphatic rings. The monoisotopic (exact) mass is 361 g/mol. The molecular formula is C24H27NO2. The van der Waals surface area contributed by atoms with E-state index in [4.69, 9.17) is 9.47 Å². The van der Waals surface area contributed by atoms with Gasteiger partial charge in [0, 0.05) is 11.8 Å². The number of nitrogens with one attached hydrogen (secondary N) is 1. The van der Waals surface area contributed by atoms with Gasteiger partial charge in [-0.3, -0.25) is 0 Å². The van der Waals surface area contributed by atoms with Crippen molar-refractivity contribution in [1.82, 2.24) is 0 Å². The predicted octanol–water partition coefficient (Wildman–Crippen LogP) is 5.76. The van der Waals surface area contributed by atoms with E-state index in [1.165, 1.54) is 5.56 Å². The van der Waals surface area contributed by atoms with Crippen molar-refractivity contribution < 1.29 is 9.47 Å². The van der Waals surface area contributed by atoms with E-state index in [-0.39, 0.29) is 6.10 Å². The smallest absolute Gasteiger partial charge is 0.122 e. The second kappa shape index (κ2) is 9.13. The van der Waals surface area contributed by atoms with Gasteiger partial charge in [-0.15, -0.1) is 0 Å². The summed E-state index contributed by atoms with van der Waals surface area (Å²) in [5, 5.41) is 3.43. The van der Waals surface area contributed by atoms with Gasteiger partial charge in [-0.2, -0.15) is 0 Å². The third kappa shape index (κ3) is 5.78. The molecule has 0 aromatic heterocycles. The molecule has 1 unspecified atom stereocenters. The van der Waals surface area contributed by atoms with Crippen molar-refractivity contribution in [2.24, 2.45) is 0 Å². The molecular weight excluding hydrogens is 334 g/mol. The molecule has 0 amide bonds. The largest absolute Gasteiger partial charge is 0.489 e. The van der Waals surface area contributed by atoms with Gasteiger partial charge in [-0.1, -0.05) is 48.5 Å². The molecule has 0 radical (unpaired) electrons. The van der Waals surface area contributed by atoms with Crippen LogP contribution in [-0.4, -0.2) is 12.6 Å². The quantitative estimate of drug-likeness (QED) is 0.553. The molecule has 0 aliphatic heterocycles. The zero-order valence-corrected chi connectivity index (χ0v) is 16.2. The Morgan fingerprint density at radius 1 is 0.889 bits per heavy atom. The lowest BCUT2D eigenvalue weighted by Crippen LogP contribution is -2.23. The molecule has 3 nitrogen and oxygen atoms in total. The second-order valence-corrected chi connectivity index (χ2v) is 6.88. The number of ether oxygens (including phenoxy) is 2. The van der Waals surface area contributed by atoms with Crippen molar-refractivity contribution in [3.05, 3.63) is 89.5 Å². The predicted molar refractivity (Wildman–Crippen MR) is 112 cm³/mol. The SMILES string of the molecule is Cc1ccc(C)c(OC(C)CNc2cccc(OCc3ccccc3)c2)c1. The molecule has 140 valence electrons. The zero-order valence-electron chi connectivity index (χ0n) is 16.2. The first kappa shape index (κ1) is 18.8. The lowest BCUT2D eigenvalue weighted by molar-refractivity contribution is 0.233. The number of anilines is 1. The molecule has 3 heteroatoms. The molecule has 0 aliphatic carbocycles. The van der Waals surface area contributed by atoms with Crippen LogP contribution in [0.3, 0.4) is 0 Å². The summed E-state index contributed by atoms with van der Waals surface area (Å²) in [5.74, 6) is 1.80. The third-order valence-corrected chi connectivity index (χ3v) is 4.35. The van der Waals surface area contributed by atoms with Crippen LogP contribution in [0.2, 0.25) is 0 Å². The number of rotatable bonds is 8. The lowest BCUT2D eigenvalue weighted by atomic mass is 10.1. The highest BCUT2D eigenvalue weighted by Crippen LogP contribution is 2.22. The number of hydrogen-bond donors (Lipinski definition) is 1. The first-order valence-corrected chi connectivity index (χ1v) is 9.35. The first-order valence-electron chi connectivity index (χ1n) is 9.35. The molecule has 3 aromatic rings. The van der Waals surface area contributed by atoms with Crippen molar-refractivity contribution >= 4 is 5.69 Å². The fourth-order valence-corrected chi connectivity index (χ4v) is 2.79. The van der Waals surface area contributed by atoms with Crippen molar-refractivity contribution in [3.63, 3.8) is 0 Å². The standard InChI is InChI=1S/C24H27NO2/c1-18-12-13-19(2)24(14-18)27-20(3)16-25-22-10-7-11-23(15-22)26-17-21-8-5-4-6-9-21/h4-15,20,25H,16-17H2,1-3H3. The molecule has 0 saturated heterocycles. The second-order valence-electron chi connectivity index (χ2n) is 6.88. The Kier molecular flexibility index (Phi) is 6.37. The van der Waals surface area contributed by atoms with E-state index in [0.29, 0.717) is 6.61 Å². The molecule has 1 N–H and O–H groups in total. The van der Waals surface area contributed by atoms with E-state index < -0.39 is 0 Å². The summed E-state index contributed by atoms with van der Waals surface area (Å²) < 4.78 is 12.0. The zero-order chi connectivity index (χ0) is 19.1. The molecule has 1 atom stereocenters. The molecule has 0 heterocycles. The number of benzene rings is 3. The van der Waals surface area contributed by atoms with Crippen molar-refractivity contribution in [2.75, 3.05) is 11.9 Å². The van der Waals surface area contributed by atoms with Gasteiger partial charge in [0.15, 0.2) is 0 Å². The van der Waals surface area contributed by atoms with Crippen LogP contribution in [-0.2, 0) is 6.61 Å². The lowest BCUT2D eigenvalue weighted by Gasteiger charge is -2.18. The maximum atomic E-state index is 6.09. The molecule has 3 aromatic carbocycles. The van der Waals surface area contributed by atoms with Gasteiger partial charge in [0.25, 0.3) is 0 Å². The molecule has 0 fully saturated rings. The van der Waals surface area contributed by atoms with Crippen LogP contribution in [0.4, 0.5) is 5.69 Å². The fraction of sp³-hybridized carbons (Fsp3) is 0.250. The summed E-state index contributed by atoms with van der Waals surface area (Å²) in [5.41, 5.74) is 4.55. The van der Waals surface area contributed by atoms with Gasteiger partial charge in [-0.25, -0.2) is 0 Å². The van der Waals surface area contributed by atoms with E-state index in [0.717, 1.165) is 34.9 Å². The Morgan fingerprint density at radius 2 is 1.70 bits per heavy atom. The molecule has 0 bridgehead atoms. The highest BCUT2D eigenvalue weighted by Gasteiger charge is 2.07. The Labute approximate surface area is 162 Å². The normalized spacial score (nSPS) is 11.7. The van der Waals surface area contributed by atoms with Crippen LogP contribution in [0.25, 0.3) is 0 Å². The highest BCUT2D eigenvalue weighted by molar-refractivity contribution is 5.48. The summed E-state index contributed by atoms with van der Waals surface area (Å²) in [6.07, 6.45) is 0.0550. The van der Waals surface area contributed by atoms with Crippen molar-refractivity contribution in [2.45, 2.75) is 33.5 Å². The van der Waals surface area contributed by atoms with Crippen LogP contribution in [0.5, 0.6) is 11.5 Å². The topological polar surface area (TPSA) is 30.5 Å². The van der Waals surface area contributed by atoms with Crippen LogP contribution >= 0.6 is 0 Å². The minimum absolute atomic E-state index is 0.0550. The Balaban J connectivity index is 1.52. The van der Waals surface area contributed by atoms with Crippen molar-refractivity contribution in [1.29, 1.82) is 0 Å². The van der Waals surface area contributed by atoms with Gasteiger partial charge in [0.05, 0.1) is 6.54 Å². The minimum atomic E-state index is 0.0550. The summed E-state index contributed by atoms with van der Waals surface area (Å²) in [6, 6.07) is 24.5. The van der Waals surface area contributed by atoms with Gasteiger partial charge >= 0.3 is 0 Å². The number of hydrogen-bond acceptors (Lipinski definition) is 3. The van der Waals surface area contributed by atoms with E-state index in [2.05, 4.69) is 56.4 Å². The Bertz CT molecular complexity index is 861. The van der Waals surface area contributed by atoms with Crippen LogP contribution in [0, 0.1) is 13.8 Å². The molecule has 27 heavy (non-hydrogen) atoms. The fourth-order valence-electron chi connectivity index (χ4n) is 2.79. The summed E-state index contributed by atoms with van der Waals surface area (Å²) in [4.78, 5) is 0. The molecule has 3 rings (SSSR count). The Morgan fingerprint density at radius 3 is 2.52 bits per heavy atom. The van der Waals surface area contributed by atoms with Gasteiger partial charge in [0.1, 0.15) is 24.2 Å². The first-order chi connectivity index (χ1) is 13.1. The van der Waals surface area contributed by atoms with Gasteiger partial charge in [-0.05, 0) is 55.7 Å². The molecule has 0 saturated carbocycles. The van der Waals surface area contributed by atoms with Crippen LogP contribution in [0.15, 0.2) is 72.8 Å². The number of aryl methyl sites for hydroxylation is 2. The van der Waals surface area contributed by atoms with Gasteiger partial charge in [0.2, 0.25) is 0 Å². The van der Waals surface area contributed by atoms with E-state index in [9.17, 15) is 0 Å². The van der Waals surface area contributed by atoms with Crippen molar-refractivity contribution in [3.8, 4) is 11.5 Å². The third-order valence-electron chi connectivity index (χ3n) is 4.35. The highest BCUT2D eigenvalue weighted by atomic mass is 16.5. The average Bonchev–Trinajstić information content (AvgIpc) is 2.69. The minimum Gasteiger partial charge on any atom is -0.489 e.